The molecule has 7 heteroatoms. The van der Waals surface area contributed by atoms with Crippen molar-refractivity contribution in [2.45, 2.75) is 13.3 Å². The van der Waals surface area contributed by atoms with Gasteiger partial charge in [0.15, 0.2) is 0 Å². The summed E-state index contributed by atoms with van der Waals surface area (Å²) >= 11 is 0. The molecule has 0 rings (SSSR count). The highest BCUT2D eigenvalue weighted by Gasteiger charge is 2.18. The molecule has 0 aromatic heterocycles. The molecule has 17 heavy (non-hydrogen) atoms. The van der Waals surface area contributed by atoms with E-state index in [0.717, 1.165) is 0 Å². The number of carbonyl (C=O) groups excluding carboxylic acids is 2. The molecule has 0 fully saturated rings. The molecule has 0 saturated carbocycles. The van der Waals surface area contributed by atoms with Crippen molar-refractivity contribution in [1.82, 2.24) is 5.32 Å². The van der Waals surface area contributed by atoms with Gasteiger partial charge in [-0.3, -0.25) is 13.8 Å². The lowest BCUT2D eigenvalue weighted by Gasteiger charge is -2.08. The molecule has 0 aromatic rings. The minimum absolute atomic E-state index is 0.0956. The number of carbonyl (C=O) groups is 2. The predicted octanol–water partition coefficient (Wildman–Crippen LogP) is -0.426. The standard InChI is InChI=1S/C10H16N2O4S/c1-8(10(14)16-2)6-17(15)7-9(13)12-5-3-4-11/h8H,3,5-7H2,1-2H3,(H,12,13). The van der Waals surface area contributed by atoms with Crippen LogP contribution in [0.2, 0.25) is 0 Å². The van der Waals surface area contributed by atoms with Gasteiger partial charge >= 0.3 is 5.97 Å². The average Bonchev–Trinajstić information content (AvgIpc) is 2.27. The highest BCUT2D eigenvalue weighted by Crippen LogP contribution is 2.00. The highest BCUT2D eigenvalue weighted by molar-refractivity contribution is 7.85. The van der Waals surface area contributed by atoms with Crippen LogP contribution in [0.15, 0.2) is 0 Å². The van der Waals surface area contributed by atoms with E-state index >= 15 is 0 Å². The van der Waals surface area contributed by atoms with Crippen molar-refractivity contribution in [2.24, 2.45) is 5.92 Å². The number of nitrogens with one attached hydrogen (secondary N) is 1. The smallest absolute Gasteiger partial charge is 0.309 e. The number of nitriles is 1. The third-order valence-electron chi connectivity index (χ3n) is 1.89. The van der Waals surface area contributed by atoms with E-state index in [1.165, 1.54) is 7.11 Å². The molecule has 0 heterocycles. The van der Waals surface area contributed by atoms with E-state index in [4.69, 9.17) is 5.26 Å². The second-order valence-electron chi connectivity index (χ2n) is 3.43. The van der Waals surface area contributed by atoms with E-state index in [0.29, 0.717) is 0 Å². The molecule has 0 bridgehead atoms. The summed E-state index contributed by atoms with van der Waals surface area (Å²) in [5.41, 5.74) is 0. The van der Waals surface area contributed by atoms with Gasteiger partial charge < -0.3 is 10.1 Å². The minimum atomic E-state index is -1.40. The molecule has 96 valence electrons. The highest BCUT2D eigenvalue weighted by atomic mass is 32.2. The summed E-state index contributed by atoms with van der Waals surface area (Å²) in [5.74, 6) is -1.38. The van der Waals surface area contributed by atoms with Crippen LogP contribution in [-0.4, -0.2) is 41.2 Å². The fourth-order valence-electron chi connectivity index (χ4n) is 1.06. The molecule has 0 saturated heterocycles. The van der Waals surface area contributed by atoms with Crippen molar-refractivity contribution in [3.8, 4) is 6.07 Å². The molecule has 0 spiro atoms. The first kappa shape index (κ1) is 15.6. The summed E-state index contributed by atoms with van der Waals surface area (Å²) in [7, 11) is -0.143. The minimum Gasteiger partial charge on any atom is -0.469 e. The molecule has 1 N–H and O–H groups in total. The van der Waals surface area contributed by atoms with Crippen molar-refractivity contribution >= 4 is 22.7 Å². The van der Waals surface area contributed by atoms with Crippen LogP contribution in [0, 0.1) is 17.2 Å². The van der Waals surface area contributed by atoms with Gasteiger partial charge in [-0.25, -0.2) is 0 Å². The summed E-state index contributed by atoms with van der Waals surface area (Å²) in [6.45, 7) is 1.84. The molecular formula is C10H16N2O4S. The SMILES string of the molecule is COC(=O)C(C)CS(=O)CC(=O)NCCC#N. The molecule has 1 amide bonds. The third kappa shape index (κ3) is 7.47. The monoisotopic (exact) mass is 260 g/mol. The van der Waals surface area contributed by atoms with Gasteiger partial charge in [-0.1, -0.05) is 6.92 Å². The van der Waals surface area contributed by atoms with Gasteiger partial charge in [0.2, 0.25) is 5.91 Å². The number of nitrogens with zero attached hydrogens (tertiary/aromatic N) is 1. The summed E-state index contributed by atoms with van der Waals surface area (Å²) in [6.07, 6.45) is 0.219. The first-order valence-electron chi connectivity index (χ1n) is 5.07. The number of hydrogen-bond donors (Lipinski definition) is 1. The van der Waals surface area contributed by atoms with Crippen LogP contribution in [0.1, 0.15) is 13.3 Å². The van der Waals surface area contributed by atoms with Gasteiger partial charge in [0.25, 0.3) is 0 Å². The van der Waals surface area contributed by atoms with Crippen LogP contribution in [-0.2, 0) is 25.1 Å². The van der Waals surface area contributed by atoms with E-state index in [2.05, 4.69) is 10.1 Å². The van der Waals surface area contributed by atoms with E-state index in [1.807, 2.05) is 6.07 Å². The Morgan fingerprint density at radius 1 is 1.53 bits per heavy atom. The first-order valence-corrected chi connectivity index (χ1v) is 6.56. The number of amides is 1. The molecule has 0 aliphatic rings. The number of esters is 1. The maximum Gasteiger partial charge on any atom is 0.309 e. The quantitative estimate of drug-likeness (QED) is 0.495. The van der Waals surface area contributed by atoms with Crippen LogP contribution in [0.5, 0.6) is 0 Å². The number of ether oxygens (including phenoxy) is 1. The second-order valence-corrected chi connectivity index (χ2v) is 4.93. The lowest BCUT2D eigenvalue weighted by atomic mass is 10.2. The van der Waals surface area contributed by atoms with Crippen LogP contribution in [0.3, 0.4) is 0 Å². The normalized spacial score (nSPS) is 13.2. The van der Waals surface area contributed by atoms with Gasteiger partial charge in [-0.2, -0.15) is 5.26 Å². The summed E-state index contributed by atoms with van der Waals surface area (Å²) in [5, 5.41) is 10.7. The topological polar surface area (TPSA) is 96.3 Å². The molecule has 2 atom stereocenters. The second kappa shape index (κ2) is 8.70. The Labute approximate surface area is 103 Å². The van der Waals surface area contributed by atoms with Crippen LogP contribution >= 0.6 is 0 Å². The number of rotatable bonds is 7. The maximum atomic E-state index is 11.5. The maximum absolute atomic E-state index is 11.5. The van der Waals surface area contributed by atoms with E-state index < -0.39 is 22.7 Å². The third-order valence-corrected chi connectivity index (χ3v) is 3.35. The zero-order chi connectivity index (χ0) is 13.3. The summed E-state index contributed by atoms with van der Waals surface area (Å²) in [4.78, 5) is 22.3. The molecule has 0 aliphatic carbocycles. The first-order chi connectivity index (χ1) is 8.01. The summed E-state index contributed by atoms with van der Waals surface area (Å²) < 4.78 is 16.0. The van der Waals surface area contributed by atoms with E-state index in [9.17, 15) is 13.8 Å². The Morgan fingerprint density at radius 2 is 2.18 bits per heavy atom. The Morgan fingerprint density at radius 3 is 2.71 bits per heavy atom. The van der Waals surface area contributed by atoms with Crippen molar-refractivity contribution in [3.63, 3.8) is 0 Å². The molecule has 6 nitrogen and oxygen atoms in total. The summed E-state index contributed by atoms with van der Waals surface area (Å²) in [6, 6.07) is 1.88. The number of methoxy groups -OCH3 is 1. The van der Waals surface area contributed by atoms with Crippen LogP contribution < -0.4 is 5.32 Å². The molecule has 0 aliphatic heterocycles. The van der Waals surface area contributed by atoms with Gasteiger partial charge in [0.1, 0.15) is 5.75 Å². The lowest BCUT2D eigenvalue weighted by molar-refractivity contribution is -0.144. The molecule has 0 aromatic carbocycles. The largest absolute Gasteiger partial charge is 0.469 e. The number of hydrogen-bond acceptors (Lipinski definition) is 5. The Kier molecular flexibility index (Phi) is 7.97. The Hall–Kier alpha value is -1.42. The molecule has 2 unspecified atom stereocenters. The van der Waals surface area contributed by atoms with E-state index in [1.54, 1.807) is 6.92 Å². The molecular weight excluding hydrogens is 244 g/mol. The van der Waals surface area contributed by atoms with Crippen molar-refractivity contribution in [3.05, 3.63) is 0 Å². The predicted molar refractivity (Wildman–Crippen MR) is 62.3 cm³/mol. The Bertz CT molecular complexity index is 338. The van der Waals surface area contributed by atoms with E-state index in [-0.39, 0.29) is 30.4 Å². The Balaban J connectivity index is 3.90. The van der Waals surface area contributed by atoms with Crippen LogP contribution in [0.25, 0.3) is 0 Å². The fraction of sp³-hybridized carbons (Fsp3) is 0.700. The van der Waals surface area contributed by atoms with Crippen molar-refractivity contribution in [1.29, 1.82) is 5.26 Å². The van der Waals surface area contributed by atoms with Gasteiger partial charge in [0, 0.05) is 23.1 Å². The average molecular weight is 260 g/mol. The fourth-order valence-corrected chi connectivity index (χ4v) is 2.27. The lowest BCUT2D eigenvalue weighted by Crippen LogP contribution is -2.31. The van der Waals surface area contributed by atoms with Gasteiger partial charge in [-0.15, -0.1) is 0 Å². The zero-order valence-electron chi connectivity index (χ0n) is 9.89. The van der Waals surface area contributed by atoms with Crippen LogP contribution in [0.4, 0.5) is 0 Å². The van der Waals surface area contributed by atoms with Gasteiger partial charge in [-0.05, 0) is 0 Å². The molecule has 0 radical (unpaired) electrons. The van der Waals surface area contributed by atoms with Crippen molar-refractivity contribution in [2.75, 3.05) is 25.2 Å². The zero-order valence-corrected chi connectivity index (χ0v) is 10.7. The van der Waals surface area contributed by atoms with Gasteiger partial charge in [0.05, 0.1) is 25.5 Å². The van der Waals surface area contributed by atoms with Crippen molar-refractivity contribution < 1.29 is 18.5 Å².